The second kappa shape index (κ2) is 6.93. The first-order valence-corrected chi connectivity index (χ1v) is 7.51. The van der Waals surface area contributed by atoms with Gasteiger partial charge in [0.1, 0.15) is 0 Å². The average molecular weight is 293 g/mol. The molecule has 21 heavy (non-hydrogen) atoms. The fourth-order valence-electron chi connectivity index (χ4n) is 2.83. The molecule has 0 spiro atoms. The fourth-order valence-corrected chi connectivity index (χ4v) is 2.83. The molecule has 0 aromatic carbocycles. The van der Waals surface area contributed by atoms with Gasteiger partial charge in [0.2, 0.25) is 0 Å². The summed E-state index contributed by atoms with van der Waals surface area (Å²) < 4.78 is 7.36. The van der Waals surface area contributed by atoms with Crippen LogP contribution in [0.2, 0.25) is 0 Å². The van der Waals surface area contributed by atoms with E-state index >= 15 is 0 Å². The number of guanidine groups is 1. The molecular weight excluding hydrogens is 266 g/mol. The van der Waals surface area contributed by atoms with Gasteiger partial charge >= 0.3 is 0 Å². The smallest absolute Gasteiger partial charge is 0.193 e. The summed E-state index contributed by atoms with van der Waals surface area (Å²) >= 11 is 0. The highest BCUT2D eigenvalue weighted by Crippen LogP contribution is 2.14. The summed E-state index contributed by atoms with van der Waals surface area (Å²) in [7, 11) is 5.89. The molecule has 6 heteroatoms. The molecule has 1 fully saturated rings. The molecule has 0 radical (unpaired) electrons. The zero-order valence-corrected chi connectivity index (χ0v) is 13.8. The van der Waals surface area contributed by atoms with Gasteiger partial charge in [0.05, 0.1) is 12.3 Å². The van der Waals surface area contributed by atoms with Gasteiger partial charge in [-0.2, -0.15) is 5.10 Å². The minimum Gasteiger partial charge on any atom is -0.381 e. The Labute approximate surface area is 127 Å². The highest BCUT2D eigenvalue weighted by Gasteiger charge is 2.19. The summed E-state index contributed by atoms with van der Waals surface area (Å²) in [5.41, 5.74) is 3.52. The van der Waals surface area contributed by atoms with Gasteiger partial charge in [-0.15, -0.1) is 0 Å². The van der Waals surface area contributed by atoms with Gasteiger partial charge in [-0.1, -0.05) is 0 Å². The van der Waals surface area contributed by atoms with Crippen molar-refractivity contribution in [1.29, 1.82) is 0 Å². The van der Waals surface area contributed by atoms with Gasteiger partial charge in [0.15, 0.2) is 5.96 Å². The third-order valence-electron chi connectivity index (χ3n) is 4.21. The molecule has 0 amide bonds. The summed E-state index contributed by atoms with van der Waals surface area (Å²) in [6.45, 7) is 7.63. The zero-order valence-electron chi connectivity index (χ0n) is 13.8. The molecular formula is C15H27N5O. The zero-order chi connectivity index (χ0) is 15.4. The molecule has 2 heterocycles. The maximum Gasteiger partial charge on any atom is 0.193 e. The van der Waals surface area contributed by atoms with E-state index in [-0.39, 0.29) is 0 Å². The van der Waals surface area contributed by atoms with Crippen LogP contribution < -0.4 is 5.32 Å². The summed E-state index contributed by atoms with van der Waals surface area (Å²) in [4.78, 5) is 6.56. The number of nitrogens with zero attached hydrogens (tertiary/aromatic N) is 4. The van der Waals surface area contributed by atoms with Crippen LogP contribution in [0.5, 0.6) is 0 Å². The fraction of sp³-hybridized carbons (Fsp3) is 0.733. The lowest BCUT2D eigenvalue weighted by molar-refractivity contribution is 0.181. The average Bonchev–Trinajstić information content (AvgIpc) is 3.02. The molecule has 1 aromatic heterocycles. The predicted molar refractivity (Wildman–Crippen MR) is 84.4 cm³/mol. The van der Waals surface area contributed by atoms with Crippen molar-refractivity contribution in [2.75, 3.05) is 33.9 Å². The molecule has 6 nitrogen and oxygen atoms in total. The molecule has 1 saturated heterocycles. The van der Waals surface area contributed by atoms with E-state index in [1.165, 1.54) is 11.3 Å². The first-order valence-electron chi connectivity index (χ1n) is 7.51. The van der Waals surface area contributed by atoms with E-state index in [9.17, 15) is 0 Å². The van der Waals surface area contributed by atoms with Crippen molar-refractivity contribution in [2.24, 2.45) is 18.0 Å². The molecule has 1 N–H and O–H groups in total. The van der Waals surface area contributed by atoms with Crippen LogP contribution in [0.15, 0.2) is 4.99 Å². The molecule has 2 rings (SSSR count). The first kappa shape index (κ1) is 15.8. The largest absolute Gasteiger partial charge is 0.381 e. The highest BCUT2D eigenvalue weighted by molar-refractivity contribution is 5.79. The normalized spacial score (nSPS) is 19.1. The van der Waals surface area contributed by atoms with Gasteiger partial charge in [-0.25, -0.2) is 0 Å². The van der Waals surface area contributed by atoms with Crippen molar-refractivity contribution in [3.8, 4) is 0 Å². The third-order valence-corrected chi connectivity index (χ3v) is 4.21. The summed E-state index contributed by atoms with van der Waals surface area (Å²) in [5, 5.41) is 7.89. The van der Waals surface area contributed by atoms with Crippen LogP contribution in [-0.2, 0) is 18.3 Å². The van der Waals surface area contributed by atoms with Gasteiger partial charge < -0.3 is 15.0 Å². The van der Waals surface area contributed by atoms with Crippen LogP contribution in [-0.4, -0.2) is 54.5 Å². The number of hydrogen-bond acceptors (Lipinski definition) is 3. The lowest BCUT2D eigenvalue weighted by atomic mass is 10.1. The second-order valence-electron chi connectivity index (χ2n) is 5.78. The van der Waals surface area contributed by atoms with E-state index in [2.05, 4.69) is 34.3 Å². The van der Waals surface area contributed by atoms with E-state index in [0.717, 1.165) is 44.4 Å². The number of nitrogens with one attached hydrogen (secondary N) is 1. The van der Waals surface area contributed by atoms with Crippen molar-refractivity contribution in [3.05, 3.63) is 17.0 Å². The standard InChI is InChI=1S/C15H27N5O/c1-11-14(12(2)20(5)18-11)8-17-15(16-3)19(4)9-13-6-7-21-10-13/h13H,6-10H2,1-5H3,(H,16,17). The van der Waals surface area contributed by atoms with E-state index in [4.69, 9.17) is 4.74 Å². The maximum atomic E-state index is 5.44. The van der Waals surface area contributed by atoms with E-state index in [1.54, 1.807) is 0 Å². The molecule has 118 valence electrons. The molecule has 1 aliphatic heterocycles. The number of hydrogen-bond donors (Lipinski definition) is 1. The lowest BCUT2D eigenvalue weighted by Gasteiger charge is -2.24. The van der Waals surface area contributed by atoms with Crippen molar-refractivity contribution < 1.29 is 4.74 Å². The van der Waals surface area contributed by atoms with Gasteiger partial charge in [0.25, 0.3) is 0 Å². The molecule has 0 saturated carbocycles. The Hall–Kier alpha value is -1.56. The van der Waals surface area contributed by atoms with Crippen LogP contribution >= 0.6 is 0 Å². The van der Waals surface area contributed by atoms with Crippen LogP contribution in [0, 0.1) is 19.8 Å². The Balaban J connectivity index is 1.92. The van der Waals surface area contributed by atoms with E-state index in [0.29, 0.717) is 5.92 Å². The second-order valence-corrected chi connectivity index (χ2v) is 5.78. The Bertz CT molecular complexity index is 502. The van der Waals surface area contributed by atoms with E-state index in [1.807, 2.05) is 25.7 Å². The van der Waals surface area contributed by atoms with Crippen molar-refractivity contribution in [2.45, 2.75) is 26.8 Å². The van der Waals surface area contributed by atoms with Gasteiger partial charge in [0, 0.05) is 58.0 Å². The monoisotopic (exact) mass is 293 g/mol. The minimum atomic E-state index is 0.607. The van der Waals surface area contributed by atoms with Gasteiger partial charge in [-0.3, -0.25) is 9.67 Å². The number of ether oxygens (including phenoxy) is 1. The Kier molecular flexibility index (Phi) is 5.22. The van der Waals surface area contributed by atoms with Crippen LogP contribution in [0.4, 0.5) is 0 Å². The molecule has 0 aliphatic carbocycles. The molecule has 1 unspecified atom stereocenters. The topological polar surface area (TPSA) is 54.7 Å². The van der Waals surface area contributed by atoms with Crippen LogP contribution in [0.25, 0.3) is 0 Å². The highest BCUT2D eigenvalue weighted by atomic mass is 16.5. The Morgan fingerprint density at radius 1 is 1.52 bits per heavy atom. The number of rotatable bonds is 4. The predicted octanol–water partition coefficient (Wildman–Crippen LogP) is 1.08. The number of aromatic nitrogens is 2. The number of aryl methyl sites for hydroxylation is 2. The Morgan fingerprint density at radius 2 is 2.29 bits per heavy atom. The summed E-state index contributed by atoms with van der Waals surface area (Å²) in [5.74, 6) is 1.53. The molecule has 0 bridgehead atoms. The maximum absolute atomic E-state index is 5.44. The SMILES string of the molecule is CN=C(NCc1c(C)nn(C)c1C)N(C)CC1CCOC1. The molecule has 1 atom stereocenters. The van der Waals surface area contributed by atoms with Crippen molar-refractivity contribution in [1.82, 2.24) is 20.0 Å². The van der Waals surface area contributed by atoms with Crippen molar-refractivity contribution in [3.63, 3.8) is 0 Å². The van der Waals surface area contributed by atoms with Gasteiger partial charge in [-0.05, 0) is 20.3 Å². The lowest BCUT2D eigenvalue weighted by Crippen LogP contribution is -2.41. The van der Waals surface area contributed by atoms with Crippen molar-refractivity contribution >= 4 is 5.96 Å². The first-order chi connectivity index (χ1) is 10.0. The Morgan fingerprint density at radius 3 is 2.81 bits per heavy atom. The van der Waals surface area contributed by atoms with E-state index < -0.39 is 0 Å². The minimum absolute atomic E-state index is 0.607. The molecule has 1 aromatic rings. The quantitative estimate of drug-likeness (QED) is 0.667. The number of aliphatic imine (C=N–C) groups is 1. The van der Waals surface area contributed by atoms with Crippen LogP contribution in [0.3, 0.4) is 0 Å². The molecule has 1 aliphatic rings. The van der Waals surface area contributed by atoms with Crippen LogP contribution in [0.1, 0.15) is 23.4 Å². The summed E-state index contributed by atoms with van der Waals surface area (Å²) in [6, 6.07) is 0. The third kappa shape index (κ3) is 3.75. The summed E-state index contributed by atoms with van der Waals surface area (Å²) in [6.07, 6.45) is 1.14.